The van der Waals surface area contributed by atoms with Crippen LogP contribution in [0, 0.1) is 0 Å². The van der Waals surface area contributed by atoms with Gasteiger partial charge in [-0.15, -0.1) is 0 Å². The van der Waals surface area contributed by atoms with Gasteiger partial charge >= 0.3 is 0 Å². The van der Waals surface area contributed by atoms with Crippen LogP contribution >= 0.6 is 15.9 Å². The van der Waals surface area contributed by atoms with Crippen molar-refractivity contribution >= 4 is 26.0 Å². The summed E-state index contributed by atoms with van der Waals surface area (Å²) in [7, 11) is -3.42. The van der Waals surface area contributed by atoms with Crippen molar-refractivity contribution in [3.63, 3.8) is 0 Å². The van der Waals surface area contributed by atoms with E-state index >= 15 is 0 Å². The second kappa shape index (κ2) is 7.38. The summed E-state index contributed by atoms with van der Waals surface area (Å²) in [6.07, 6.45) is 0.771. The van der Waals surface area contributed by atoms with Crippen LogP contribution in [0.15, 0.2) is 27.6 Å². The molecule has 0 fully saturated rings. The Morgan fingerprint density at radius 3 is 2.53 bits per heavy atom. The number of halogens is 1. The molecule has 0 aliphatic rings. The molecule has 0 heterocycles. The normalized spacial score (nSPS) is 12.1. The summed E-state index contributed by atoms with van der Waals surface area (Å²) < 4.78 is 27.2. The summed E-state index contributed by atoms with van der Waals surface area (Å²) in [6.45, 7) is 7.24. The van der Waals surface area contributed by atoms with Gasteiger partial charge in [0.2, 0.25) is 10.0 Å². The maximum atomic E-state index is 12.0. The van der Waals surface area contributed by atoms with Gasteiger partial charge in [0.05, 0.1) is 4.90 Å². The Bertz CT molecular complexity index is 515. The van der Waals surface area contributed by atoms with Crippen molar-refractivity contribution in [2.75, 3.05) is 6.54 Å². The third kappa shape index (κ3) is 5.22. The van der Waals surface area contributed by atoms with Crippen molar-refractivity contribution in [3.8, 4) is 0 Å². The van der Waals surface area contributed by atoms with E-state index in [1.165, 1.54) is 0 Å². The van der Waals surface area contributed by atoms with Crippen molar-refractivity contribution in [1.29, 1.82) is 0 Å². The second-order valence-corrected chi connectivity index (χ2v) is 7.29. The van der Waals surface area contributed by atoms with Crippen LogP contribution in [0.2, 0.25) is 0 Å². The molecular weight excluding hydrogens is 328 g/mol. The van der Waals surface area contributed by atoms with E-state index in [1.807, 2.05) is 19.1 Å². The molecule has 2 N–H and O–H groups in total. The molecule has 19 heavy (non-hydrogen) atoms. The molecule has 0 unspecified atom stereocenters. The third-order valence-electron chi connectivity index (χ3n) is 2.54. The zero-order chi connectivity index (χ0) is 14.5. The van der Waals surface area contributed by atoms with Crippen LogP contribution in [0.4, 0.5) is 0 Å². The Hall–Kier alpha value is -0.430. The highest BCUT2D eigenvalue weighted by molar-refractivity contribution is 9.10. The summed E-state index contributed by atoms with van der Waals surface area (Å²) in [4.78, 5) is 0.286. The van der Waals surface area contributed by atoms with E-state index in [0.717, 1.165) is 18.5 Å². The molecule has 1 aromatic rings. The molecule has 0 amide bonds. The number of hydrogen-bond acceptors (Lipinski definition) is 3. The van der Waals surface area contributed by atoms with Crippen molar-refractivity contribution in [3.05, 3.63) is 28.2 Å². The average molecular weight is 349 g/mol. The standard InChI is InChI=1S/C13H21BrN2O2S/c1-4-7-16-19(17,18)13-6-5-11(8-12(13)14)9-15-10(2)3/h5-6,8,10,15-16H,4,7,9H2,1-3H3. The summed E-state index contributed by atoms with van der Waals surface area (Å²) >= 11 is 3.33. The highest BCUT2D eigenvalue weighted by atomic mass is 79.9. The van der Waals surface area contributed by atoms with Crippen LogP contribution in [-0.2, 0) is 16.6 Å². The van der Waals surface area contributed by atoms with Crippen LogP contribution in [0.25, 0.3) is 0 Å². The molecule has 0 radical (unpaired) electrons. The lowest BCUT2D eigenvalue weighted by Crippen LogP contribution is -2.25. The first-order chi connectivity index (χ1) is 8.86. The summed E-state index contributed by atoms with van der Waals surface area (Å²) in [6, 6.07) is 5.71. The molecule has 0 atom stereocenters. The van der Waals surface area contributed by atoms with Crippen molar-refractivity contribution in [1.82, 2.24) is 10.0 Å². The monoisotopic (exact) mass is 348 g/mol. The molecule has 0 saturated heterocycles. The zero-order valence-corrected chi connectivity index (χ0v) is 13.9. The minimum atomic E-state index is -3.42. The Morgan fingerprint density at radius 1 is 1.32 bits per heavy atom. The maximum absolute atomic E-state index is 12.0. The molecule has 0 saturated carbocycles. The van der Waals surface area contributed by atoms with Crippen LogP contribution < -0.4 is 10.0 Å². The predicted octanol–water partition coefficient (Wildman–Crippen LogP) is 2.64. The smallest absolute Gasteiger partial charge is 0.241 e. The van der Waals surface area contributed by atoms with Gasteiger partial charge in [0.25, 0.3) is 0 Å². The zero-order valence-electron chi connectivity index (χ0n) is 11.5. The van der Waals surface area contributed by atoms with Gasteiger partial charge in [-0.25, -0.2) is 13.1 Å². The third-order valence-corrected chi connectivity index (χ3v) is 4.98. The quantitative estimate of drug-likeness (QED) is 0.796. The van der Waals surface area contributed by atoms with Crippen molar-refractivity contribution in [2.45, 2.75) is 44.7 Å². The van der Waals surface area contributed by atoms with E-state index in [9.17, 15) is 8.42 Å². The molecule has 1 aromatic carbocycles. The number of rotatable bonds is 7. The number of benzene rings is 1. The molecular formula is C13H21BrN2O2S. The topological polar surface area (TPSA) is 58.2 Å². The van der Waals surface area contributed by atoms with Gasteiger partial charge in [0.15, 0.2) is 0 Å². The Balaban J connectivity index is 2.88. The Morgan fingerprint density at radius 2 is 2.00 bits per heavy atom. The average Bonchev–Trinajstić information content (AvgIpc) is 2.33. The van der Waals surface area contributed by atoms with Crippen LogP contribution in [-0.4, -0.2) is 21.0 Å². The second-order valence-electron chi connectivity index (χ2n) is 4.70. The molecule has 108 valence electrons. The number of hydrogen-bond donors (Lipinski definition) is 2. The SMILES string of the molecule is CCCNS(=O)(=O)c1ccc(CNC(C)C)cc1Br. The van der Waals surface area contributed by atoms with E-state index in [0.29, 0.717) is 17.1 Å². The fraction of sp³-hybridized carbons (Fsp3) is 0.538. The van der Waals surface area contributed by atoms with E-state index in [2.05, 4.69) is 39.8 Å². The molecule has 0 aliphatic heterocycles. The fourth-order valence-electron chi connectivity index (χ4n) is 1.51. The summed E-state index contributed by atoms with van der Waals surface area (Å²) in [5.74, 6) is 0. The van der Waals surface area contributed by atoms with Gasteiger partial charge in [-0.05, 0) is 40.0 Å². The first-order valence-electron chi connectivity index (χ1n) is 6.38. The lowest BCUT2D eigenvalue weighted by molar-refractivity contribution is 0.579. The molecule has 0 aliphatic carbocycles. The number of nitrogens with one attached hydrogen (secondary N) is 2. The van der Waals surface area contributed by atoms with Crippen molar-refractivity contribution in [2.24, 2.45) is 0 Å². The maximum Gasteiger partial charge on any atom is 0.241 e. The van der Waals surface area contributed by atoms with E-state index in [1.54, 1.807) is 6.07 Å². The minimum Gasteiger partial charge on any atom is -0.310 e. The first-order valence-corrected chi connectivity index (χ1v) is 8.66. The molecule has 0 aromatic heterocycles. The summed E-state index contributed by atoms with van der Waals surface area (Å²) in [5.41, 5.74) is 1.05. The van der Waals surface area contributed by atoms with Gasteiger partial charge in [0.1, 0.15) is 0 Å². The van der Waals surface area contributed by atoms with Crippen LogP contribution in [0.3, 0.4) is 0 Å². The Labute approximate surface area is 124 Å². The largest absolute Gasteiger partial charge is 0.310 e. The first kappa shape index (κ1) is 16.6. The van der Waals surface area contributed by atoms with Gasteiger partial charge < -0.3 is 5.32 Å². The Kier molecular flexibility index (Phi) is 6.46. The fourth-order valence-corrected chi connectivity index (χ4v) is 3.77. The van der Waals surface area contributed by atoms with E-state index in [-0.39, 0.29) is 4.90 Å². The minimum absolute atomic E-state index is 0.286. The number of sulfonamides is 1. The predicted molar refractivity (Wildman–Crippen MR) is 81.6 cm³/mol. The van der Waals surface area contributed by atoms with Gasteiger partial charge in [-0.3, -0.25) is 0 Å². The van der Waals surface area contributed by atoms with E-state index < -0.39 is 10.0 Å². The molecule has 6 heteroatoms. The van der Waals surface area contributed by atoms with Crippen LogP contribution in [0.5, 0.6) is 0 Å². The lowest BCUT2D eigenvalue weighted by atomic mass is 10.2. The molecule has 0 bridgehead atoms. The van der Waals surface area contributed by atoms with Gasteiger partial charge in [0, 0.05) is 23.6 Å². The van der Waals surface area contributed by atoms with Crippen LogP contribution in [0.1, 0.15) is 32.8 Å². The molecule has 1 rings (SSSR count). The highest BCUT2D eigenvalue weighted by Crippen LogP contribution is 2.23. The van der Waals surface area contributed by atoms with Gasteiger partial charge in [-0.2, -0.15) is 0 Å². The highest BCUT2D eigenvalue weighted by Gasteiger charge is 2.16. The lowest BCUT2D eigenvalue weighted by Gasteiger charge is -2.11. The van der Waals surface area contributed by atoms with Crippen molar-refractivity contribution < 1.29 is 8.42 Å². The molecule has 0 spiro atoms. The summed E-state index contributed by atoms with van der Waals surface area (Å²) in [5, 5.41) is 3.30. The molecule has 4 nitrogen and oxygen atoms in total. The van der Waals surface area contributed by atoms with Gasteiger partial charge in [-0.1, -0.05) is 26.8 Å². The van der Waals surface area contributed by atoms with E-state index in [4.69, 9.17) is 0 Å².